The van der Waals surface area contributed by atoms with Gasteiger partial charge in [0.1, 0.15) is 0 Å². The molecule has 2 rings (SSSR count). The third-order valence-electron chi connectivity index (χ3n) is 3.84. The first-order valence-electron chi connectivity index (χ1n) is 7.40. The summed E-state index contributed by atoms with van der Waals surface area (Å²) in [5.74, 6) is 0.0282. The maximum absolute atomic E-state index is 12.1. The second kappa shape index (κ2) is 7.41. The molecule has 0 heterocycles. The number of aliphatic hydroxyl groups is 1. The summed E-state index contributed by atoms with van der Waals surface area (Å²) >= 11 is 0. The molecule has 20 heavy (non-hydrogen) atoms. The Balaban J connectivity index is 1.87. The number of carbonyl (C=O) groups is 1. The Bertz CT molecular complexity index is 444. The van der Waals surface area contributed by atoms with Gasteiger partial charge in [0.25, 0.3) is 0 Å². The Morgan fingerprint density at radius 3 is 2.85 bits per heavy atom. The Morgan fingerprint density at radius 2 is 2.25 bits per heavy atom. The second-order valence-electron chi connectivity index (χ2n) is 5.55. The van der Waals surface area contributed by atoms with Crippen LogP contribution in [-0.2, 0) is 4.79 Å². The number of rotatable bonds is 7. The normalized spacial score (nSPS) is 15.2. The van der Waals surface area contributed by atoms with E-state index in [4.69, 9.17) is 5.11 Å². The first-order valence-corrected chi connectivity index (χ1v) is 7.40. The molecule has 1 saturated carbocycles. The molecule has 0 aliphatic heterocycles. The monoisotopic (exact) mass is 276 g/mol. The fourth-order valence-corrected chi connectivity index (χ4v) is 2.52. The molecule has 2 N–H and O–H groups in total. The van der Waals surface area contributed by atoms with Crippen molar-refractivity contribution >= 4 is 11.6 Å². The number of nitrogens with one attached hydrogen (secondary N) is 1. The molecule has 0 atom stereocenters. The molecule has 4 heteroatoms. The van der Waals surface area contributed by atoms with Crippen LogP contribution in [0.15, 0.2) is 24.3 Å². The molecular weight excluding hydrogens is 252 g/mol. The number of aryl methyl sites for hydroxylation is 1. The molecule has 110 valence electrons. The number of benzene rings is 1. The van der Waals surface area contributed by atoms with Crippen LogP contribution in [0, 0.1) is 6.92 Å². The Hall–Kier alpha value is -1.39. The van der Waals surface area contributed by atoms with E-state index in [1.54, 1.807) is 0 Å². The summed E-state index contributed by atoms with van der Waals surface area (Å²) in [5, 5.41) is 11.9. The van der Waals surface area contributed by atoms with Gasteiger partial charge < -0.3 is 10.4 Å². The van der Waals surface area contributed by atoms with Gasteiger partial charge in [-0.25, -0.2) is 0 Å². The van der Waals surface area contributed by atoms with E-state index >= 15 is 0 Å². The number of hydrogen-bond donors (Lipinski definition) is 2. The van der Waals surface area contributed by atoms with Crippen molar-refractivity contribution in [2.45, 2.75) is 38.6 Å². The van der Waals surface area contributed by atoms with Crippen LogP contribution in [0.1, 0.15) is 31.2 Å². The van der Waals surface area contributed by atoms with Crippen LogP contribution >= 0.6 is 0 Å². The number of amides is 1. The molecule has 0 aromatic heterocycles. The summed E-state index contributed by atoms with van der Waals surface area (Å²) in [5.41, 5.74) is 1.99. The Kier molecular flexibility index (Phi) is 5.56. The van der Waals surface area contributed by atoms with Crippen molar-refractivity contribution in [3.63, 3.8) is 0 Å². The third-order valence-corrected chi connectivity index (χ3v) is 3.84. The van der Waals surface area contributed by atoms with Crippen LogP contribution in [0.4, 0.5) is 5.69 Å². The minimum Gasteiger partial charge on any atom is -0.396 e. The molecule has 1 aromatic carbocycles. The molecule has 0 radical (unpaired) electrons. The SMILES string of the molecule is Cc1cccc(NC(=O)CN(CCCO)C2CCC2)c1. The van der Waals surface area contributed by atoms with Gasteiger partial charge in [-0.05, 0) is 43.9 Å². The van der Waals surface area contributed by atoms with Crippen molar-refractivity contribution in [2.24, 2.45) is 0 Å². The van der Waals surface area contributed by atoms with Crippen LogP contribution in [-0.4, -0.2) is 41.7 Å². The largest absolute Gasteiger partial charge is 0.396 e. The summed E-state index contributed by atoms with van der Waals surface area (Å²) in [4.78, 5) is 14.3. The van der Waals surface area contributed by atoms with Gasteiger partial charge in [-0.15, -0.1) is 0 Å². The third kappa shape index (κ3) is 4.32. The van der Waals surface area contributed by atoms with E-state index in [2.05, 4.69) is 10.2 Å². The highest BCUT2D eigenvalue weighted by molar-refractivity contribution is 5.92. The molecule has 0 unspecified atom stereocenters. The average molecular weight is 276 g/mol. The number of carbonyl (C=O) groups excluding carboxylic acids is 1. The fraction of sp³-hybridized carbons (Fsp3) is 0.562. The molecule has 0 saturated heterocycles. The minimum atomic E-state index is 0.0282. The molecule has 0 spiro atoms. The van der Waals surface area contributed by atoms with E-state index in [9.17, 15) is 4.79 Å². The summed E-state index contributed by atoms with van der Waals surface area (Å²) < 4.78 is 0. The topological polar surface area (TPSA) is 52.6 Å². The van der Waals surface area contributed by atoms with Crippen LogP contribution in [0.5, 0.6) is 0 Å². The number of hydrogen-bond acceptors (Lipinski definition) is 3. The molecule has 0 bridgehead atoms. The van der Waals surface area contributed by atoms with Gasteiger partial charge in [0.15, 0.2) is 0 Å². The van der Waals surface area contributed by atoms with Gasteiger partial charge in [0, 0.05) is 24.9 Å². The molecule has 1 fully saturated rings. The fourth-order valence-electron chi connectivity index (χ4n) is 2.52. The molecule has 1 amide bonds. The average Bonchev–Trinajstić information content (AvgIpc) is 2.33. The van der Waals surface area contributed by atoms with Crippen molar-refractivity contribution in [2.75, 3.05) is 25.0 Å². The van der Waals surface area contributed by atoms with E-state index in [-0.39, 0.29) is 12.5 Å². The maximum Gasteiger partial charge on any atom is 0.238 e. The zero-order chi connectivity index (χ0) is 14.4. The van der Waals surface area contributed by atoms with Gasteiger partial charge in [0.05, 0.1) is 6.54 Å². The van der Waals surface area contributed by atoms with Gasteiger partial charge in [-0.2, -0.15) is 0 Å². The lowest BCUT2D eigenvalue weighted by Crippen LogP contribution is -2.45. The smallest absolute Gasteiger partial charge is 0.238 e. The minimum absolute atomic E-state index is 0.0282. The van der Waals surface area contributed by atoms with E-state index in [0.29, 0.717) is 12.6 Å². The molecule has 1 aromatic rings. The van der Waals surface area contributed by atoms with Gasteiger partial charge in [-0.1, -0.05) is 18.6 Å². The van der Waals surface area contributed by atoms with Gasteiger partial charge in [-0.3, -0.25) is 9.69 Å². The lowest BCUT2D eigenvalue weighted by Gasteiger charge is -2.37. The summed E-state index contributed by atoms with van der Waals surface area (Å²) in [7, 11) is 0. The van der Waals surface area contributed by atoms with Crippen molar-refractivity contribution in [3.8, 4) is 0 Å². The van der Waals surface area contributed by atoms with Crippen LogP contribution in [0.2, 0.25) is 0 Å². The number of anilines is 1. The van der Waals surface area contributed by atoms with Crippen molar-refractivity contribution in [3.05, 3.63) is 29.8 Å². The Morgan fingerprint density at radius 1 is 1.45 bits per heavy atom. The quantitative estimate of drug-likeness (QED) is 0.802. The van der Waals surface area contributed by atoms with E-state index in [1.807, 2.05) is 31.2 Å². The number of aliphatic hydroxyl groups excluding tert-OH is 1. The highest BCUT2D eigenvalue weighted by Gasteiger charge is 2.25. The van der Waals surface area contributed by atoms with Crippen molar-refractivity contribution in [1.29, 1.82) is 0 Å². The van der Waals surface area contributed by atoms with Crippen LogP contribution in [0.25, 0.3) is 0 Å². The summed E-state index contributed by atoms with van der Waals surface area (Å²) in [6, 6.07) is 8.36. The molecule has 1 aliphatic carbocycles. The van der Waals surface area contributed by atoms with Gasteiger partial charge in [0.2, 0.25) is 5.91 Å². The lowest BCUT2D eigenvalue weighted by atomic mass is 9.91. The van der Waals surface area contributed by atoms with E-state index < -0.39 is 0 Å². The number of nitrogens with zero attached hydrogens (tertiary/aromatic N) is 1. The van der Waals surface area contributed by atoms with Gasteiger partial charge >= 0.3 is 0 Å². The van der Waals surface area contributed by atoms with Crippen LogP contribution < -0.4 is 5.32 Å². The standard InChI is InChI=1S/C16H24N2O2/c1-13-5-2-6-14(11-13)17-16(20)12-18(9-4-10-19)15-7-3-8-15/h2,5-6,11,15,19H,3-4,7-10,12H2,1H3,(H,17,20). The lowest BCUT2D eigenvalue weighted by molar-refractivity contribution is -0.118. The highest BCUT2D eigenvalue weighted by Crippen LogP contribution is 2.24. The molecule has 1 aliphatic rings. The first-order chi connectivity index (χ1) is 9.69. The highest BCUT2D eigenvalue weighted by atomic mass is 16.3. The van der Waals surface area contributed by atoms with E-state index in [1.165, 1.54) is 19.3 Å². The summed E-state index contributed by atoms with van der Waals surface area (Å²) in [6.07, 6.45) is 4.32. The predicted molar refractivity (Wildman–Crippen MR) is 80.7 cm³/mol. The van der Waals surface area contributed by atoms with Crippen molar-refractivity contribution in [1.82, 2.24) is 4.90 Å². The zero-order valence-electron chi connectivity index (χ0n) is 12.1. The maximum atomic E-state index is 12.1. The van der Waals surface area contributed by atoms with E-state index in [0.717, 1.165) is 24.2 Å². The second-order valence-corrected chi connectivity index (χ2v) is 5.55. The molecule has 4 nitrogen and oxygen atoms in total. The first kappa shape index (κ1) is 15.0. The zero-order valence-corrected chi connectivity index (χ0v) is 12.1. The predicted octanol–water partition coefficient (Wildman–Crippen LogP) is 2.17. The van der Waals surface area contributed by atoms with Crippen molar-refractivity contribution < 1.29 is 9.90 Å². The Labute approximate surface area is 120 Å². The summed E-state index contributed by atoms with van der Waals surface area (Å²) in [6.45, 7) is 3.40. The van der Waals surface area contributed by atoms with Crippen LogP contribution in [0.3, 0.4) is 0 Å². The molecular formula is C16H24N2O2.